The van der Waals surface area contributed by atoms with E-state index in [1.165, 1.54) is 18.4 Å². The van der Waals surface area contributed by atoms with Gasteiger partial charge in [-0.25, -0.2) is 9.79 Å². The van der Waals surface area contributed by atoms with Crippen molar-refractivity contribution in [2.45, 2.75) is 26.5 Å². The number of thiazole rings is 1. The Bertz CT molecular complexity index is 1790. The van der Waals surface area contributed by atoms with E-state index < -0.39 is 12.0 Å². The fourth-order valence-electron chi connectivity index (χ4n) is 4.72. The van der Waals surface area contributed by atoms with E-state index in [9.17, 15) is 9.59 Å². The van der Waals surface area contributed by atoms with Crippen LogP contribution in [0.1, 0.15) is 36.6 Å². The summed E-state index contributed by atoms with van der Waals surface area (Å²) in [5.74, 6) is 1.19. The Balaban J connectivity index is 1.58. The summed E-state index contributed by atoms with van der Waals surface area (Å²) >= 11 is 1.26. The van der Waals surface area contributed by atoms with Gasteiger partial charge >= 0.3 is 5.97 Å². The monoisotopic (exact) mass is 570 g/mol. The second-order valence-electron chi connectivity index (χ2n) is 9.26. The molecule has 4 aromatic rings. The first-order valence-corrected chi connectivity index (χ1v) is 13.9. The minimum Gasteiger partial charge on any atom is -0.493 e. The molecule has 1 aliphatic heterocycles. The first-order valence-electron chi connectivity index (χ1n) is 13.1. The van der Waals surface area contributed by atoms with E-state index in [1.54, 1.807) is 37.7 Å². The van der Waals surface area contributed by atoms with Gasteiger partial charge in [-0.3, -0.25) is 9.36 Å². The topological polar surface area (TPSA) is 88.4 Å². The highest BCUT2D eigenvalue weighted by atomic mass is 32.1. The summed E-state index contributed by atoms with van der Waals surface area (Å²) in [6, 6.07) is 22.1. The highest BCUT2D eigenvalue weighted by Gasteiger charge is 2.33. The molecule has 8 nitrogen and oxygen atoms in total. The van der Waals surface area contributed by atoms with Crippen LogP contribution >= 0.6 is 11.3 Å². The Morgan fingerprint density at radius 1 is 1.00 bits per heavy atom. The van der Waals surface area contributed by atoms with Crippen LogP contribution in [0.2, 0.25) is 0 Å². The number of nitrogens with zero attached hydrogens (tertiary/aromatic N) is 2. The molecule has 9 heteroatoms. The molecule has 1 aliphatic rings. The normalized spacial score (nSPS) is 14.7. The molecule has 41 heavy (non-hydrogen) atoms. The van der Waals surface area contributed by atoms with E-state index in [2.05, 4.69) is 4.99 Å². The Hall–Kier alpha value is -4.63. The molecule has 0 saturated carbocycles. The molecule has 0 unspecified atom stereocenters. The molecule has 0 aliphatic carbocycles. The van der Waals surface area contributed by atoms with Crippen molar-refractivity contribution >= 4 is 23.4 Å². The summed E-state index contributed by atoms with van der Waals surface area (Å²) in [4.78, 5) is 32.2. The van der Waals surface area contributed by atoms with Gasteiger partial charge in [-0.05, 0) is 60.9 Å². The van der Waals surface area contributed by atoms with Crippen LogP contribution in [0.3, 0.4) is 0 Å². The van der Waals surface area contributed by atoms with Gasteiger partial charge in [0.05, 0.1) is 42.7 Å². The van der Waals surface area contributed by atoms with Crippen molar-refractivity contribution in [1.29, 1.82) is 0 Å². The number of esters is 1. The van der Waals surface area contributed by atoms with Crippen molar-refractivity contribution in [1.82, 2.24) is 4.57 Å². The molecule has 0 spiro atoms. The number of allylic oxidation sites excluding steroid dienone is 1. The average molecular weight is 571 g/mol. The second kappa shape index (κ2) is 12.3. The van der Waals surface area contributed by atoms with E-state index in [1.807, 2.05) is 66.7 Å². The van der Waals surface area contributed by atoms with Crippen LogP contribution in [0.15, 0.2) is 93.9 Å². The van der Waals surface area contributed by atoms with Crippen LogP contribution in [0, 0.1) is 0 Å². The Labute approximate surface area is 241 Å². The standard InChI is InChI=1S/C32H30N2O6S/c1-5-39-31(36)28-20(2)33-32-34(29(28)23-14-15-25(37-3)26(18-23)38-4)30(35)27(41-32)17-22-12-9-13-24(16-22)40-19-21-10-7-6-8-11-21/h6-18,29H,5,19H2,1-4H3/b27-17+/t29-/m0/s1. The van der Waals surface area contributed by atoms with Crippen molar-refractivity contribution in [2.75, 3.05) is 20.8 Å². The third-order valence-corrected chi connectivity index (χ3v) is 7.63. The van der Waals surface area contributed by atoms with Gasteiger partial charge < -0.3 is 18.9 Å². The average Bonchev–Trinajstić information content (AvgIpc) is 3.29. The van der Waals surface area contributed by atoms with Crippen molar-refractivity contribution in [2.24, 2.45) is 4.99 Å². The smallest absolute Gasteiger partial charge is 0.338 e. The molecule has 0 N–H and O–H groups in total. The number of aromatic nitrogens is 1. The van der Waals surface area contributed by atoms with Crippen LogP contribution in [0.25, 0.3) is 6.08 Å². The first kappa shape index (κ1) is 27.9. The van der Waals surface area contributed by atoms with Crippen LogP contribution in [0.4, 0.5) is 0 Å². The lowest BCUT2D eigenvalue weighted by Crippen LogP contribution is -2.39. The zero-order chi connectivity index (χ0) is 28.9. The zero-order valence-electron chi connectivity index (χ0n) is 23.2. The maximum atomic E-state index is 13.9. The minimum absolute atomic E-state index is 0.196. The maximum absolute atomic E-state index is 13.9. The van der Waals surface area contributed by atoms with Crippen molar-refractivity contribution in [3.05, 3.63) is 120 Å². The molecule has 0 fully saturated rings. The van der Waals surface area contributed by atoms with Gasteiger partial charge in [0.15, 0.2) is 16.3 Å². The van der Waals surface area contributed by atoms with E-state index in [0.717, 1.165) is 11.1 Å². The largest absolute Gasteiger partial charge is 0.493 e. The second-order valence-corrected chi connectivity index (χ2v) is 10.3. The summed E-state index contributed by atoms with van der Waals surface area (Å²) in [5, 5.41) is 0. The maximum Gasteiger partial charge on any atom is 0.338 e. The van der Waals surface area contributed by atoms with Crippen LogP contribution in [-0.2, 0) is 16.1 Å². The number of benzene rings is 3. The summed E-state index contributed by atoms with van der Waals surface area (Å²) in [5.41, 5.74) is 3.07. The van der Waals surface area contributed by atoms with Gasteiger partial charge in [-0.1, -0.05) is 59.9 Å². The predicted octanol–water partition coefficient (Wildman–Crippen LogP) is 4.39. The number of fused-ring (bicyclic) bond motifs is 1. The third kappa shape index (κ3) is 5.81. The third-order valence-electron chi connectivity index (χ3n) is 6.64. The van der Waals surface area contributed by atoms with Crippen LogP contribution < -0.4 is 29.1 Å². The minimum atomic E-state index is -0.757. The number of carbonyl (C=O) groups is 1. The van der Waals surface area contributed by atoms with E-state index in [0.29, 0.717) is 50.0 Å². The quantitative estimate of drug-likeness (QED) is 0.277. The van der Waals surface area contributed by atoms with Gasteiger partial charge in [0.25, 0.3) is 5.56 Å². The highest BCUT2D eigenvalue weighted by molar-refractivity contribution is 7.07. The zero-order valence-corrected chi connectivity index (χ0v) is 24.1. The number of hydrogen-bond donors (Lipinski definition) is 0. The van der Waals surface area contributed by atoms with Crippen molar-refractivity contribution in [3.8, 4) is 17.2 Å². The molecular formula is C32H30N2O6S. The summed E-state index contributed by atoms with van der Waals surface area (Å²) in [7, 11) is 3.09. The lowest BCUT2D eigenvalue weighted by Gasteiger charge is -2.25. The highest BCUT2D eigenvalue weighted by Crippen LogP contribution is 2.36. The molecule has 2 heterocycles. The Kier molecular flexibility index (Phi) is 8.35. The van der Waals surface area contributed by atoms with E-state index in [-0.39, 0.29) is 12.2 Å². The number of rotatable bonds is 9. The van der Waals surface area contributed by atoms with Gasteiger partial charge in [0.2, 0.25) is 0 Å². The molecule has 0 amide bonds. The fraction of sp³-hybridized carbons (Fsp3) is 0.219. The molecule has 0 saturated heterocycles. The van der Waals surface area contributed by atoms with Gasteiger partial charge in [-0.15, -0.1) is 0 Å². The van der Waals surface area contributed by atoms with Gasteiger partial charge in [0.1, 0.15) is 12.4 Å². The Morgan fingerprint density at radius 3 is 2.51 bits per heavy atom. The SMILES string of the molecule is CCOC(=O)C1=C(C)N=c2s/c(=C/c3cccc(OCc4ccccc4)c3)c(=O)n2[C@H]1c1ccc(OC)c(OC)c1. The van der Waals surface area contributed by atoms with Gasteiger partial charge in [-0.2, -0.15) is 0 Å². The van der Waals surface area contributed by atoms with Gasteiger partial charge in [0, 0.05) is 0 Å². The lowest BCUT2D eigenvalue weighted by molar-refractivity contribution is -0.139. The van der Waals surface area contributed by atoms with Crippen molar-refractivity contribution in [3.63, 3.8) is 0 Å². The Morgan fingerprint density at radius 2 is 1.78 bits per heavy atom. The molecule has 210 valence electrons. The summed E-state index contributed by atoms with van der Waals surface area (Å²) in [6.07, 6.45) is 1.81. The number of hydrogen-bond acceptors (Lipinski definition) is 8. The van der Waals surface area contributed by atoms with Crippen molar-refractivity contribution < 1.29 is 23.7 Å². The number of methoxy groups -OCH3 is 2. The summed E-state index contributed by atoms with van der Waals surface area (Å²) in [6.45, 7) is 4.13. The molecule has 3 aromatic carbocycles. The van der Waals surface area contributed by atoms with E-state index in [4.69, 9.17) is 18.9 Å². The van der Waals surface area contributed by atoms with E-state index >= 15 is 0 Å². The molecular weight excluding hydrogens is 540 g/mol. The van der Waals surface area contributed by atoms with Crippen LogP contribution in [-0.4, -0.2) is 31.4 Å². The molecule has 0 bridgehead atoms. The molecule has 5 rings (SSSR count). The fourth-order valence-corrected chi connectivity index (χ4v) is 5.76. The van der Waals surface area contributed by atoms with Crippen LogP contribution in [0.5, 0.6) is 17.2 Å². The summed E-state index contributed by atoms with van der Waals surface area (Å²) < 4.78 is 24.3. The number of ether oxygens (including phenoxy) is 4. The molecule has 1 aromatic heterocycles. The number of carbonyl (C=O) groups excluding carboxylic acids is 1. The molecule has 0 radical (unpaired) electrons. The molecule has 1 atom stereocenters. The lowest BCUT2D eigenvalue weighted by atomic mass is 9.95. The predicted molar refractivity (Wildman–Crippen MR) is 157 cm³/mol. The first-order chi connectivity index (χ1) is 19.9.